The van der Waals surface area contributed by atoms with Crippen molar-refractivity contribution in [3.63, 3.8) is 0 Å². The van der Waals surface area contributed by atoms with Gasteiger partial charge in [0, 0.05) is 25.7 Å². The second-order valence-electron chi connectivity index (χ2n) is 6.71. The van der Waals surface area contributed by atoms with E-state index in [-0.39, 0.29) is 0 Å². The lowest BCUT2D eigenvalue weighted by atomic mass is 9.93. The highest BCUT2D eigenvalue weighted by Crippen LogP contribution is 2.34. The molecule has 21 heavy (non-hydrogen) atoms. The quantitative estimate of drug-likeness (QED) is 0.925. The second-order valence-corrected chi connectivity index (χ2v) is 6.71. The van der Waals surface area contributed by atoms with E-state index in [1.807, 2.05) is 0 Å². The van der Waals surface area contributed by atoms with Crippen molar-refractivity contribution >= 4 is 5.91 Å². The third kappa shape index (κ3) is 2.71. The Morgan fingerprint density at radius 1 is 1.33 bits per heavy atom. The van der Waals surface area contributed by atoms with Crippen LogP contribution in [-0.4, -0.2) is 36.5 Å². The molecule has 3 nitrogen and oxygen atoms in total. The Labute approximate surface area is 127 Å². The average Bonchev–Trinajstić information content (AvgIpc) is 3.02. The molecular weight excluding hydrogens is 260 g/mol. The number of amides is 1. The van der Waals surface area contributed by atoms with E-state index < -0.39 is 0 Å². The lowest BCUT2D eigenvalue weighted by Crippen LogP contribution is -2.40. The highest BCUT2D eigenvalue weighted by atomic mass is 16.2. The summed E-state index contributed by atoms with van der Waals surface area (Å²) in [6, 6.07) is 6.83. The number of hydrogen-bond acceptors (Lipinski definition) is 2. The SMILES string of the molecule is CCC1C2CNCC2CN1C(=O)Cc1cc(C)ccc1C. The first-order valence-corrected chi connectivity index (χ1v) is 8.16. The summed E-state index contributed by atoms with van der Waals surface area (Å²) in [6.07, 6.45) is 1.62. The van der Waals surface area contributed by atoms with Gasteiger partial charge in [0.25, 0.3) is 0 Å². The first-order valence-electron chi connectivity index (χ1n) is 8.16. The van der Waals surface area contributed by atoms with E-state index in [0.717, 1.165) is 26.1 Å². The van der Waals surface area contributed by atoms with Crippen molar-refractivity contribution in [1.29, 1.82) is 0 Å². The van der Waals surface area contributed by atoms with Crippen LogP contribution in [0.3, 0.4) is 0 Å². The lowest BCUT2D eigenvalue weighted by molar-refractivity contribution is -0.131. The molecule has 1 amide bonds. The van der Waals surface area contributed by atoms with Gasteiger partial charge in [-0.15, -0.1) is 0 Å². The molecule has 2 fully saturated rings. The van der Waals surface area contributed by atoms with Gasteiger partial charge in [-0.1, -0.05) is 30.7 Å². The van der Waals surface area contributed by atoms with E-state index in [0.29, 0.717) is 30.2 Å². The topological polar surface area (TPSA) is 32.3 Å². The Morgan fingerprint density at radius 2 is 2.14 bits per heavy atom. The number of nitrogens with one attached hydrogen (secondary N) is 1. The van der Waals surface area contributed by atoms with Crippen molar-refractivity contribution < 1.29 is 4.79 Å². The van der Waals surface area contributed by atoms with Crippen LogP contribution in [0, 0.1) is 25.7 Å². The van der Waals surface area contributed by atoms with Gasteiger partial charge in [0.2, 0.25) is 5.91 Å². The lowest BCUT2D eigenvalue weighted by Gasteiger charge is -2.27. The maximum absolute atomic E-state index is 12.8. The highest BCUT2D eigenvalue weighted by Gasteiger charge is 2.44. The van der Waals surface area contributed by atoms with Crippen LogP contribution in [0.25, 0.3) is 0 Å². The fourth-order valence-corrected chi connectivity index (χ4v) is 4.09. The monoisotopic (exact) mass is 286 g/mol. The van der Waals surface area contributed by atoms with Gasteiger partial charge in [-0.2, -0.15) is 0 Å². The maximum Gasteiger partial charge on any atom is 0.227 e. The van der Waals surface area contributed by atoms with E-state index in [2.05, 4.69) is 49.2 Å². The van der Waals surface area contributed by atoms with Gasteiger partial charge < -0.3 is 10.2 Å². The molecule has 3 heteroatoms. The zero-order chi connectivity index (χ0) is 15.0. The van der Waals surface area contributed by atoms with Crippen LogP contribution in [0.5, 0.6) is 0 Å². The summed E-state index contributed by atoms with van der Waals surface area (Å²) < 4.78 is 0. The normalized spacial score (nSPS) is 28.0. The number of hydrogen-bond donors (Lipinski definition) is 1. The largest absolute Gasteiger partial charge is 0.339 e. The summed E-state index contributed by atoms with van der Waals surface area (Å²) in [4.78, 5) is 14.9. The molecule has 2 aliphatic heterocycles. The van der Waals surface area contributed by atoms with Crippen LogP contribution in [0.1, 0.15) is 30.0 Å². The molecular formula is C18H26N2O. The molecule has 114 valence electrons. The number of carbonyl (C=O) groups is 1. The Hall–Kier alpha value is -1.35. The van der Waals surface area contributed by atoms with Crippen LogP contribution in [0.15, 0.2) is 18.2 Å². The zero-order valence-corrected chi connectivity index (χ0v) is 13.4. The standard InChI is InChI=1S/C18H26N2O/c1-4-17-16-10-19-9-15(16)11-20(17)18(21)8-14-7-12(2)5-6-13(14)3/h5-7,15-17,19H,4,8-11H2,1-3H3. The van der Waals surface area contributed by atoms with Gasteiger partial charge in [-0.25, -0.2) is 0 Å². The minimum absolute atomic E-state index is 0.310. The molecule has 0 aliphatic carbocycles. The molecule has 1 aromatic rings. The van der Waals surface area contributed by atoms with E-state index in [9.17, 15) is 4.79 Å². The summed E-state index contributed by atoms with van der Waals surface area (Å²) in [7, 11) is 0. The van der Waals surface area contributed by atoms with Gasteiger partial charge in [0.05, 0.1) is 6.42 Å². The fourth-order valence-electron chi connectivity index (χ4n) is 4.09. The number of benzene rings is 1. The van der Waals surface area contributed by atoms with Gasteiger partial charge >= 0.3 is 0 Å². The molecule has 3 atom stereocenters. The first kappa shape index (κ1) is 14.6. The van der Waals surface area contributed by atoms with Crippen molar-refractivity contribution in [2.45, 2.75) is 39.7 Å². The summed E-state index contributed by atoms with van der Waals surface area (Å²) in [5.41, 5.74) is 3.64. The number of fused-ring (bicyclic) bond motifs is 1. The summed E-state index contributed by atoms with van der Waals surface area (Å²) in [5.74, 6) is 1.64. The van der Waals surface area contributed by atoms with Crippen molar-refractivity contribution in [2.75, 3.05) is 19.6 Å². The molecule has 3 unspecified atom stereocenters. The molecule has 2 heterocycles. The Balaban J connectivity index is 1.74. The molecule has 2 aliphatic rings. The zero-order valence-electron chi connectivity index (χ0n) is 13.4. The smallest absolute Gasteiger partial charge is 0.227 e. The molecule has 0 bridgehead atoms. The molecule has 1 N–H and O–H groups in total. The molecule has 0 saturated carbocycles. The Kier molecular flexibility index (Phi) is 4.03. The molecule has 0 aromatic heterocycles. The summed E-state index contributed by atoms with van der Waals surface area (Å²) >= 11 is 0. The predicted molar refractivity (Wildman–Crippen MR) is 85.3 cm³/mol. The minimum atomic E-state index is 0.310. The van der Waals surface area contributed by atoms with Gasteiger partial charge in [-0.05, 0) is 43.2 Å². The van der Waals surface area contributed by atoms with Gasteiger partial charge in [0.1, 0.15) is 0 Å². The van der Waals surface area contributed by atoms with Crippen molar-refractivity contribution in [2.24, 2.45) is 11.8 Å². The first-order chi connectivity index (χ1) is 10.1. The number of likely N-dealkylation sites (tertiary alicyclic amines) is 1. The van der Waals surface area contributed by atoms with Crippen molar-refractivity contribution in [3.05, 3.63) is 34.9 Å². The van der Waals surface area contributed by atoms with Crippen LogP contribution in [-0.2, 0) is 11.2 Å². The molecule has 3 rings (SSSR count). The minimum Gasteiger partial charge on any atom is -0.339 e. The highest BCUT2D eigenvalue weighted by molar-refractivity contribution is 5.80. The Bertz CT molecular complexity index is 540. The second kappa shape index (κ2) is 5.80. The summed E-state index contributed by atoms with van der Waals surface area (Å²) in [5, 5.41) is 3.48. The number of carbonyl (C=O) groups excluding carboxylic acids is 1. The number of nitrogens with zero attached hydrogens (tertiary/aromatic N) is 1. The van der Waals surface area contributed by atoms with Crippen LogP contribution < -0.4 is 5.32 Å². The van der Waals surface area contributed by atoms with Crippen molar-refractivity contribution in [3.8, 4) is 0 Å². The van der Waals surface area contributed by atoms with E-state index in [1.54, 1.807) is 0 Å². The van der Waals surface area contributed by atoms with Crippen LogP contribution in [0.4, 0.5) is 0 Å². The fraction of sp³-hybridized carbons (Fsp3) is 0.611. The van der Waals surface area contributed by atoms with E-state index in [1.165, 1.54) is 16.7 Å². The van der Waals surface area contributed by atoms with Gasteiger partial charge in [0.15, 0.2) is 0 Å². The predicted octanol–water partition coefficient (Wildman–Crippen LogP) is 2.30. The molecule has 0 spiro atoms. The van der Waals surface area contributed by atoms with Crippen molar-refractivity contribution in [1.82, 2.24) is 10.2 Å². The van der Waals surface area contributed by atoms with Gasteiger partial charge in [-0.3, -0.25) is 4.79 Å². The maximum atomic E-state index is 12.8. The molecule has 0 radical (unpaired) electrons. The number of aryl methyl sites for hydroxylation is 2. The third-order valence-corrected chi connectivity index (χ3v) is 5.30. The van der Waals surface area contributed by atoms with E-state index >= 15 is 0 Å². The third-order valence-electron chi connectivity index (χ3n) is 5.30. The Morgan fingerprint density at radius 3 is 2.90 bits per heavy atom. The van der Waals surface area contributed by atoms with Crippen LogP contribution in [0.2, 0.25) is 0 Å². The number of rotatable bonds is 3. The average molecular weight is 286 g/mol. The molecule has 1 aromatic carbocycles. The van der Waals surface area contributed by atoms with E-state index in [4.69, 9.17) is 0 Å². The molecule has 2 saturated heterocycles. The van der Waals surface area contributed by atoms with Crippen LogP contribution >= 0.6 is 0 Å². The summed E-state index contributed by atoms with van der Waals surface area (Å²) in [6.45, 7) is 9.50.